The quantitative estimate of drug-likeness (QED) is 0.646. The molecule has 2 amide bonds. The lowest BCUT2D eigenvalue weighted by molar-refractivity contribution is -0.173. The second-order valence-electron chi connectivity index (χ2n) is 6.37. The summed E-state index contributed by atoms with van der Waals surface area (Å²) < 4.78 is -0.935. The van der Waals surface area contributed by atoms with E-state index >= 15 is 0 Å². The van der Waals surface area contributed by atoms with Gasteiger partial charge in [-0.05, 0) is 30.9 Å². The molecular formula is C15H16N2O6S2. The molecule has 0 spiro atoms. The predicted molar refractivity (Wildman–Crippen MR) is 90.4 cm³/mol. The fraction of sp³-hybridized carbons (Fsp3) is 0.467. The number of thioether (sulfide) groups is 1. The molecule has 0 saturated carbocycles. The van der Waals surface area contributed by atoms with Crippen molar-refractivity contribution in [3.05, 3.63) is 21.9 Å². The summed E-state index contributed by atoms with van der Waals surface area (Å²) in [7, 11) is 0. The zero-order valence-corrected chi connectivity index (χ0v) is 15.1. The Morgan fingerprint density at radius 2 is 2.04 bits per heavy atom. The molecule has 2 aliphatic rings. The van der Waals surface area contributed by atoms with Gasteiger partial charge >= 0.3 is 11.9 Å². The molecule has 2 saturated heterocycles. The Morgan fingerprint density at radius 3 is 2.60 bits per heavy atom. The van der Waals surface area contributed by atoms with Gasteiger partial charge in [0.15, 0.2) is 0 Å². The predicted octanol–water partition coefficient (Wildman–Crippen LogP) is 0.970. The molecule has 3 N–H and O–H groups in total. The Morgan fingerprint density at radius 1 is 1.36 bits per heavy atom. The van der Waals surface area contributed by atoms with E-state index in [1.807, 2.05) is 0 Å². The molecule has 0 aliphatic carbocycles. The normalized spacial score (nSPS) is 26.7. The number of carbonyl (C=O) groups is 4. The topological polar surface area (TPSA) is 124 Å². The molecule has 0 bridgehead atoms. The van der Waals surface area contributed by atoms with Crippen LogP contribution in [0.1, 0.15) is 35.5 Å². The minimum Gasteiger partial charge on any atom is -0.478 e. The Hall–Kier alpha value is -2.07. The minimum absolute atomic E-state index is 0.0393. The van der Waals surface area contributed by atoms with Crippen LogP contribution in [0.3, 0.4) is 0 Å². The van der Waals surface area contributed by atoms with Gasteiger partial charge in [-0.3, -0.25) is 14.5 Å². The number of aliphatic carboxylic acids is 1. The number of fused-ring (bicyclic) bond motifs is 1. The van der Waals surface area contributed by atoms with Crippen LogP contribution in [0.2, 0.25) is 0 Å². The second-order valence-corrected chi connectivity index (χ2v) is 9.09. The molecule has 8 nitrogen and oxygen atoms in total. The van der Waals surface area contributed by atoms with Crippen LogP contribution in [0, 0.1) is 0 Å². The van der Waals surface area contributed by atoms with Gasteiger partial charge in [0, 0.05) is 0 Å². The number of hydrogen-bond donors (Lipinski definition) is 3. The molecule has 0 radical (unpaired) electrons. The van der Waals surface area contributed by atoms with Gasteiger partial charge in [0.25, 0.3) is 0 Å². The van der Waals surface area contributed by atoms with Gasteiger partial charge in [0.1, 0.15) is 4.88 Å². The van der Waals surface area contributed by atoms with Crippen molar-refractivity contribution < 1.29 is 29.4 Å². The third-order valence-electron chi connectivity index (χ3n) is 4.49. The van der Waals surface area contributed by atoms with Crippen molar-refractivity contribution in [2.45, 2.75) is 42.5 Å². The third kappa shape index (κ3) is 2.51. The zero-order chi connectivity index (χ0) is 18.6. The van der Waals surface area contributed by atoms with Gasteiger partial charge in [-0.1, -0.05) is 0 Å². The summed E-state index contributed by atoms with van der Waals surface area (Å²) in [5.74, 6) is -3.41. The summed E-state index contributed by atoms with van der Waals surface area (Å²) in [6.07, 6.45) is -0.0275. The number of hydrogen-bond acceptors (Lipinski definition) is 6. The van der Waals surface area contributed by atoms with Crippen LogP contribution in [0.25, 0.3) is 0 Å². The third-order valence-corrected chi connectivity index (χ3v) is 6.97. The molecule has 3 rings (SSSR count). The Labute approximate surface area is 151 Å². The average Bonchev–Trinajstić information content (AvgIpc) is 2.99. The molecule has 0 unspecified atom stereocenters. The van der Waals surface area contributed by atoms with Crippen LogP contribution >= 0.6 is 23.1 Å². The first-order valence-corrected chi connectivity index (χ1v) is 9.20. The summed E-state index contributed by atoms with van der Waals surface area (Å²) in [5, 5.41) is 22.7. The largest absolute Gasteiger partial charge is 0.478 e. The van der Waals surface area contributed by atoms with Crippen LogP contribution in [-0.4, -0.2) is 54.6 Å². The van der Waals surface area contributed by atoms with Gasteiger partial charge in [-0.25, -0.2) is 9.59 Å². The van der Waals surface area contributed by atoms with Crippen molar-refractivity contribution in [1.82, 2.24) is 10.2 Å². The number of aromatic carboxylic acids is 1. The minimum atomic E-state index is -1.85. The highest BCUT2D eigenvalue weighted by molar-refractivity contribution is 8.01. The maximum Gasteiger partial charge on any atom is 0.352 e. The Balaban J connectivity index is 1.89. The summed E-state index contributed by atoms with van der Waals surface area (Å²) in [5.41, 5.74) is -1.54. The summed E-state index contributed by atoms with van der Waals surface area (Å²) in [6, 6.07) is 1.52. The molecule has 0 aromatic carbocycles. The first kappa shape index (κ1) is 17.7. The SMILES string of the molecule is CC1(C)S[C@@H]2CC(=O)N2[C@@]1(NC(=O)Cc1ccsc1C(=O)O)C(=O)O. The van der Waals surface area contributed by atoms with E-state index in [0.29, 0.717) is 5.56 Å². The van der Waals surface area contributed by atoms with E-state index in [1.165, 1.54) is 22.7 Å². The van der Waals surface area contributed by atoms with Crippen LogP contribution in [-0.2, 0) is 20.8 Å². The number of carboxylic acid groups (broad SMARTS) is 2. The average molecular weight is 384 g/mol. The number of carboxylic acids is 2. The highest BCUT2D eigenvalue weighted by Gasteiger charge is 2.70. The maximum absolute atomic E-state index is 12.5. The van der Waals surface area contributed by atoms with Gasteiger partial charge < -0.3 is 15.5 Å². The van der Waals surface area contributed by atoms with Crippen molar-refractivity contribution >= 4 is 46.9 Å². The van der Waals surface area contributed by atoms with E-state index in [4.69, 9.17) is 5.11 Å². The van der Waals surface area contributed by atoms with E-state index in [1.54, 1.807) is 19.2 Å². The number of β-lactam (4-membered cyclic amide) rings is 1. The molecule has 10 heteroatoms. The standard InChI is InChI=1S/C15H16N2O6S2/c1-14(2)15(13(22)23,17-9(19)6-10(17)25-14)16-8(18)5-7-3-4-24-11(7)12(20)21/h3-4,10H,5-6H2,1-2H3,(H,16,18)(H,20,21)(H,22,23)/t10-,15+/m1/s1. The van der Waals surface area contributed by atoms with Crippen LogP contribution in [0.15, 0.2) is 11.4 Å². The summed E-state index contributed by atoms with van der Waals surface area (Å²) >= 11 is 2.33. The lowest BCUT2D eigenvalue weighted by atomic mass is 9.89. The summed E-state index contributed by atoms with van der Waals surface area (Å²) in [6.45, 7) is 3.34. The molecule has 3 heterocycles. The first-order valence-electron chi connectivity index (χ1n) is 7.44. The molecule has 134 valence electrons. The van der Waals surface area contributed by atoms with E-state index in [2.05, 4.69) is 5.32 Å². The molecule has 1 aromatic heterocycles. The zero-order valence-electron chi connectivity index (χ0n) is 13.4. The van der Waals surface area contributed by atoms with Crippen molar-refractivity contribution in [2.75, 3.05) is 0 Å². The van der Waals surface area contributed by atoms with E-state index in [9.17, 15) is 24.3 Å². The fourth-order valence-corrected chi connectivity index (χ4v) is 5.76. The number of nitrogens with zero attached hydrogens (tertiary/aromatic N) is 1. The van der Waals surface area contributed by atoms with Crippen molar-refractivity contribution in [1.29, 1.82) is 0 Å². The van der Waals surface area contributed by atoms with E-state index in [-0.39, 0.29) is 29.0 Å². The summed E-state index contributed by atoms with van der Waals surface area (Å²) in [4.78, 5) is 49.0. The Kier molecular flexibility index (Phi) is 4.07. The number of thiophene rings is 1. The van der Waals surface area contributed by atoms with Gasteiger partial charge in [0.2, 0.25) is 17.5 Å². The van der Waals surface area contributed by atoms with Crippen LogP contribution in [0.4, 0.5) is 0 Å². The lowest BCUT2D eigenvalue weighted by Crippen LogP contribution is -2.75. The Bertz CT molecular complexity index is 789. The molecule has 2 aliphatic heterocycles. The highest BCUT2D eigenvalue weighted by Crippen LogP contribution is 2.55. The first-order chi connectivity index (χ1) is 11.6. The van der Waals surface area contributed by atoms with Crippen molar-refractivity contribution in [3.63, 3.8) is 0 Å². The van der Waals surface area contributed by atoms with E-state index in [0.717, 1.165) is 11.3 Å². The number of amides is 2. The molecule has 25 heavy (non-hydrogen) atoms. The monoisotopic (exact) mass is 384 g/mol. The number of carbonyl (C=O) groups excluding carboxylic acids is 2. The smallest absolute Gasteiger partial charge is 0.352 e. The second kappa shape index (κ2) is 5.73. The molecule has 2 atom stereocenters. The van der Waals surface area contributed by atoms with E-state index < -0.39 is 28.3 Å². The van der Waals surface area contributed by atoms with Gasteiger partial charge in [0.05, 0.1) is 23.0 Å². The maximum atomic E-state index is 12.5. The van der Waals surface area contributed by atoms with Crippen molar-refractivity contribution in [3.8, 4) is 0 Å². The van der Waals surface area contributed by atoms with Crippen LogP contribution in [0.5, 0.6) is 0 Å². The van der Waals surface area contributed by atoms with Crippen molar-refractivity contribution in [2.24, 2.45) is 0 Å². The molecule has 2 fully saturated rings. The molecular weight excluding hydrogens is 368 g/mol. The number of nitrogens with one attached hydrogen (secondary N) is 1. The van der Waals surface area contributed by atoms with Crippen LogP contribution < -0.4 is 5.32 Å². The molecule has 1 aromatic rings. The van der Waals surface area contributed by atoms with Gasteiger partial charge in [-0.2, -0.15) is 0 Å². The van der Waals surface area contributed by atoms with Gasteiger partial charge in [-0.15, -0.1) is 23.1 Å². The fourth-order valence-electron chi connectivity index (χ4n) is 3.31. The highest BCUT2D eigenvalue weighted by atomic mass is 32.2. The number of rotatable bonds is 5. The lowest BCUT2D eigenvalue weighted by Gasteiger charge is -2.46.